The number of halogens is 1. The van der Waals surface area contributed by atoms with Crippen molar-refractivity contribution in [1.82, 2.24) is 9.88 Å². The molecule has 20 heavy (non-hydrogen) atoms. The fourth-order valence-electron chi connectivity index (χ4n) is 1.88. The number of benzene rings is 1. The standard InChI is InChI=1S/C15H15BrN2O2/c1-10-7-14(19)13(8-17-10)15(20)18(2)9-11-3-5-12(16)6-4-11/h3-8H,9H2,1-2H3,(H,17,19). The smallest absolute Gasteiger partial charge is 0.259 e. The Morgan fingerprint density at radius 3 is 2.55 bits per heavy atom. The van der Waals surface area contributed by atoms with Gasteiger partial charge in [-0.05, 0) is 24.6 Å². The molecule has 0 aliphatic heterocycles. The summed E-state index contributed by atoms with van der Waals surface area (Å²) in [4.78, 5) is 28.5. The van der Waals surface area contributed by atoms with Gasteiger partial charge in [0.25, 0.3) is 5.91 Å². The third-order valence-electron chi connectivity index (χ3n) is 2.97. The van der Waals surface area contributed by atoms with Crippen LogP contribution in [0.2, 0.25) is 0 Å². The van der Waals surface area contributed by atoms with Gasteiger partial charge in [-0.25, -0.2) is 0 Å². The number of nitrogens with one attached hydrogen (secondary N) is 1. The quantitative estimate of drug-likeness (QED) is 0.938. The third kappa shape index (κ3) is 3.36. The van der Waals surface area contributed by atoms with Gasteiger partial charge in [-0.3, -0.25) is 9.59 Å². The van der Waals surface area contributed by atoms with Gasteiger partial charge >= 0.3 is 0 Å². The lowest BCUT2D eigenvalue weighted by atomic mass is 10.2. The minimum atomic E-state index is -0.283. The monoisotopic (exact) mass is 334 g/mol. The van der Waals surface area contributed by atoms with Crippen LogP contribution in [-0.4, -0.2) is 22.8 Å². The van der Waals surface area contributed by atoms with Crippen molar-refractivity contribution in [3.05, 3.63) is 68.0 Å². The van der Waals surface area contributed by atoms with E-state index < -0.39 is 0 Å². The highest BCUT2D eigenvalue weighted by Crippen LogP contribution is 2.12. The molecule has 0 aliphatic rings. The van der Waals surface area contributed by atoms with E-state index in [1.807, 2.05) is 24.3 Å². The predicted octanol–water partition coefficient (Wildman–Crippen LogP) is 2.72. The lowest BCUT2D eigenvalue weighted by molar-refractivity contribution is 0.0783. The summed E-state index contributed by atoms with van der Waals surface area (Å²) in [6.07, 6.45) is 1.47. The van der Waals surface area contributed by atoms with Gasteiger partial charge in [-0.1, -0.05) is 28.1 Å². The maximum atomic E-state index is 12.2. The average molecular weight is 335 g/mol. The van der Waals surface area contributed by atoms with Crippen LogP contribution >= 0.6 is 15.9 Å². The molecule has 1 heterocycles. The molecule has 0 fully saturated rings. The van der Waals surface area contributed by atoms with Crippen molar-refractivity contribution >= 4 is 21.8 Å². The Kier molecular flexibility index (Phi) is 4.39. The first-order chi connectivity index (χ1) is 9.47. The number of H-pyrrole nitrogens is 1. The van der Waals surface area contributed by atoms with Crippen LogP contribution in [0, 0.1) is 6.92 Å². The van der Waals surface area contributed by atoms with E-state index in [9.17, 15) is 9.59 Å². The SMILES string of the molecule is Cc1cc(=O)c(C(=O)N(C)Cc2ccc(Br)cc2)c[nH]1. The number of hydrogen-bond acceptors (Lipinski definition) is 2. The van der Waals surface area contributed by atoms with Crippen LogP contribution < -0.4 is 5.43 Å². The zero-order valence-electron chi connectivity index (χ0n) is 11.3. The molecule has 5 heteroatoms. The fourth-order valence-corrected chi connectivity index (χ4v) is 2.15. The van der Waals surface area contributed by atoms with E-state index >= 15 is 0 Å². The van der Waals surface area contributed by atoms with Crippen LogP contribution in [0.4, 0.5) is 0 Å². The highest BCUT2D eigenvalue weighted by Gasteiger charge is 2.15. The molecule has 0 saturated carbocycles. The van der Waals surface area contributed by atoms with Crippen LogP contribution in [0.3, 0.4) is 0 Å². The number of amides is 1. The first kappa shape index (κ1) is 14.5. The maximum Gasteiger partial charge on any atom is 0.259 e. The number of nitrogens with zero attached hydrogens (tertiary/aromatic N) is 1. The summed E-state index contributed by atoms with van der Waals surface area (Å²) in [5.74, 6) is -0.283. The molecule has 1 amide bonds. The number of carbonyl (C=O) groups is 1. The number of aromatic amines is 1. The molecule has 0 atom stereocenters. The van der Waals surface area contributed by atoms with Gasteiger partial charge in [0.2, 0.25) is 0 Å². The van der Waals surface area contributed by atoms with Gasteiger partial charge in [0.1, 0.15) is 5.56 Å². The molecule has 2 rings (SSSR count). The fraction of sp³-hybridized carbons (Fsp3) is 0.200. The number of rotatable bonds is 3. The summed E-state index contributed by atoms with van der Waals surface area (Å²) in [6.45, 7) is 2.24. The van der Waals surface area contributed by atoms with Gasteiger partial charge in [-0.2, -0.15) is 0 Å². The van der Waals surface area contributed by atoms with Gasteiger partial charge in [0, 0.05) is 36.0 Å². The molecular weight excluding hydrogens is 320 g/mol. The summed E-state index contributed by atoms with van der Waals surface area (Å²) < 4.78 is 0.991. The van der Waals surface area contributed by atoms with Crippen LogP contribution in [-0.2, 0) is 6.54 Å². The summed E-state index contributed by atoms with van der Waals surface area (Å²) >= 11 is 3.37. The second-order valence-electron chi connectivity index (χ2n) is 4.68. The van der Waals surface area contributed by atoms with Crippen LogP contribution in [0.15, 0.2) is 45.8 Å². The first-order valence-electron chi connectivity index (χ1n) is 6.16. The molecule has 0 unspecified atom stereocenters. The lowest BCUT2D eigenvalue weighted by Crippen LogP contribution is -2.30. The van der Waals surface area contributed by atoms with Crippen molar-refractivity contribution in [2.45, 2.75) is 13.5 Å². The second kappa shape index (κ2) is 6.05. The van der Waals surface area contributed by atoms with E-state index in [0.717, 1.165) is 15.7 Å². The summed E-state index contributed by atoms with van der Waals surface area (Å²) in [6, 6.07) is 9.15. The third-order valence-corrected chi connectivity index (χ3v) is 3.50. The van der Waals surface area contributed by atoms with Crippen molar-refractivity contribution in [2.75, 3.05) is 7.05 Å². The maximum absolute atomic E-state index is 12.2. The topological polar surface area (TPSA) is 53.2 Å². The van der Waals surface area contributed by atoms with E-state index in [1.165, 1.54) is 17.2 Å². The number of hydrogen-bond donors (Lipinski definition) is 1. The number of carbonyl (C=O) groups excluding carboxylic acids is 1. The molecule has 1 aromatic heterocycles. The molecule has 1 N–H and O–H groups in total. The molecule has 0 spiro atoms. The Bertz CT molecular complexity index is 677. The normalized spacial score (nSPS) is 10.3. The molecule has 0 radical (unpaired) electrons. The van der Waals surface area contributed by atoms with E-state index in [0.29, 0.717) is 6.54 Å². The van der Waals surface area contributed by atoms with Crippen LogP contribution in [0.25, 0.3) is 0 Å². The minimum Gasteiger partial charge on any atom is -0.364 e. The second-order valence-corrected chi connectivity index (χ2v) is 5.60. The number of aryl methyl sites for hydroxylation is 1. The Morgan fingerprint density at radius 2 is 1.95 bits per heavy atom. The predicted molar refractivity (Wildman–Crippen MR) is 81.7 cm³/mol. The Labute approximate surface area is 125 Å². The highest BCUT2D eigenvalue weighted by molar-refractivity contribution is 9.10. The van der Waals surface area contributed by atoms with Crippen molar-refractivity contribution in [3.63, 3.8) is 0 Å². The van der Waals surface area contributed by atoms with E-state index in [2.05, 4.69) is 20.9 Å². The van der Waals surface area contributed by atoms with Crippen molar-refractivity contribution in [1.29, 1.82) is 0 Å². The molecule has 4 nitrogen and oxygen atoms in total. The lowest BCUT2D eigenvalue weighted by Gasteiger charge is -2.17. The Morgan fingerprint density at radius 1 is 1.30 bits per heavy atom. The van der Waals surface area contributed by atoms with Crippen molar-refractivity contribution in [2.24, 2.45) is 0 Å². The van der Waals surface area contributed by atoms with E-state index in [4.69, 9.17) is 0 Å². The van der Waals surface area contributed by atoms with Gasteiger partial charge in [0.15, 0.2) is 5.43 Å². The summed E-state index contributed by atoms with van der Waals surface area (Å²) in [5.41, 5.74) is 1.65. The molecule has 1 aromatic carbocycles. The zero-order chi connectivity index (χ0) is 14.7. The zero-order valence-corrected chi connectivity index (χ0v) is 12.9. The Balaban J connectivity index is 2.16. The largest absolute Gasteiger partial charge is 0.364 e. The molecule has 0 saturated heterocycles. The number of aromatic nitrogens is 1. The molecule has 0 bridgehead atoms. The van der Waals surface area contributed by atoms with Crippen LogP contribution in [0.5, 0.6) is 0 Å². The summed E-state index contributed by atoms with van der Waals surface area (Å²) in [7, 11) is 1.68. The van der Waals surface area contributed by atoms with Gasteiger partial charge in [-0.15, -0.1) is 0 Å². The number of pyridine rings is 1. The molecule has 0 aliphatic carbocycles. The van der Waals surface area contributed by atoms with Gasteiger partial charge < -0.3 is 9.88 Å². The molecule has 104 valence electrons. The van der Waals surface area contributed by atoms with E-state index in [1.54, 1.807) is 14.0 Å². The summed E-state index contributed by atoms with van der Waals surface area (Å²) in [5, 5.41) is 0. The van der Waals surface area contributed by atoms with E-state index in [-0.39, 0.29) is 16.9 Å². The average Bonchev–Trinajstić information content (AvgIpc) is 2.40. The van der Waals surface area contributed by atoms with Crippen LogP contribution in [0.1, 0.15) is 21.6 Å². The van der Waals surface area contributed by atoms with Crippen molar-refractivity contribution in [3.8, 4) is 0 Å². The molecule has 2 aromatic rings. The highest BCUT2D eigenvalue weighted by atomic mass is 79.9. The van der Waals surface area contributed by atoms with Gasteiger partial charge in [0.05, 0.1) is 0 Å². The van der Waals surface area contributed by atoms with Crippen molar-refractivity contribution < 1.29 is 4.79 Å². The molecular formula is C15H15BrN2O2. The first-order valence-corrected chi connectivity index (χ1v) is 6.96. The Hall–Kier alpha value is -1.88. The minimum absolute atomic E-state index is 0.162.